The van der Waals surface area contributed by atoms with Gasteiger partial charge in [-0.2, -0.15) is 0 Å². The summed E-state index contributed by atoms with van der Waals surface area (Å²) >= 11 is 0. The number of likely N-dealkylation sites (tertiary alicyclic amines) is 1. The van der Waals surface area contributed by atoms with Gasteiger partial charge in [-0.3, -0.25) is 14.5 Å². The first kappa shape index (κ1) is 24.8. The number of hydrogen-bond acceptors (Lipinski definition) is 6. The lowest BCUT2D eigenvalue weighted by atomic mass is 9.99. The van der Waals surface area contributed by atoms with Crippen LogP contribution in [0.3, 0.4) is 0 Å². The van der Waals surface area contributed by atoms with Crippen LogP contribution in [-0.2, 0) is 29.0 Å². The first-order chi connectivity index (χ1) is 16.8. The Labute approximate surface area is 202 Å². The second kappa shape index (κ2) is 10.6. The molecule has 1 fully saturated rings. The second-order valence-electron chi connectivity index (χ2n) is 8.86. The molecule has 0 radical (unpaired) electrons. The van der Waals surface area contributed by atoms with E-state index >= 15 is 0 Å². The molecule has 4 rings (SSSR count). The van der Waals surface area contributed by atoms with Crippen molar-refractivity contribution < 1.29 is 27.8 Å². The third kappa shape index (κ3) is 5.22. The standard InChI is InChI=1S/C25H29F2N3O5/c1-34-21-14-22(31)29-10-9-28(15-16-11-17(26)13-18(27)12-16)8-6-19(29)23(21)24(32)30-7-4-3-5-20(30)25(33)35-2/h11-14,20H,3-10,15H2,1-2H3/t20-/m1/s1. The smallest absolute Gasteiger partial charge is 0.328 e. The van der Waals surface area contributed by atoms with Gasteiger partial charge >= 0.3 is 5.97 Å². The van der Waals surface area contributed by atoms with Crippen molar-refractivity contribution in [1.29, 1.82) is 0 Å². The molecule has 0 unspecified atom stereocenters. The first-order valence-electron chi connectivity index (χ1n) is 11.7. The quantitative estimate of drug-likeness (QED) is 0.600. The van der Waals surface area contributed by atoms with E-state index in [1.807, 2.05) is 4.90 Å². The Hall–Kier alpha value is -3.27. The molecule has 0 bridgehead atoms. The molecule has 35 heavy (non-hydrogen) atoms. The Bertz CT molecular complexity index is 1160. The van der Waals surface area contributed by atoms with E-state index in [0.717, 1.165) is 18.9 Å². The topological polar surface area (TPSA) is 81.1 Å². The maximum atomic E-state index is 13.8. The summed E-state index contributed by atoms with van der Waals surface area (Å²) in [4.78, 5) is 42.5. The van der Waals surface area contributed by atoms with Gasteiger partial charge in [0.05, 0.1) is 14.2 Å². The molecule has 0 N–H and O–H groups in total. The van der Waals surface area contributed by atoms with Crippen molar-refractivity contribution in [2.45, 2.75) is 44.8 Å². The monoisotopic (exact) mass is 489 g/mol. The number of ether oxygens (including phenoxy) is 2. The van der Waals surface area contributed by atoms with Crippen LogP contribution in [0.5, 0.6) is 5.75 Å². The first-order valence-corrected chi connectivity index (χ1v) is 11.7. The van der Waals surface area contributed by atoms with Crippen molar-refractivity contribution in [1.82, 2.24) is 14.4 Å². The number of amides is 1. The van der Waals surface area contributed by atoms with Crippen molar-refractivity contribution in [2.24, 2.45) is 0 Å². The Kier molecular flexibility index (Phi) is 7.49. The zero-order chi connectivity index (χ0) is 25.1. The Morgan fingerprint density at radius 1 is 1.00 bits per heavy atom. The minimum atomic E-state index is -0.691. The minimum absolute atomic E-state index is 0.168. The fourth-order valence-corrected chi connectivity index (χ4v) is 5.00. The highest BCUT2D eigenvalue weighted by molar-refractivity contribution is 6.00. The molecule has 0 saturated carbocycles. The van der Waals surface area contributed by atoms with Crippen LogP contribution in [-0.4, -0.2) is 66.1 Å². The van der Waals surface area contributed by atoms with Crippen LogP contribution in [0, 0.1) is 11.6 Å². The van der Waals surface area contributed by atoms with Crippen LogP contribution in [0.25, 0.3) is 0 Å². The number of nitrogens with zero attached hydrogens (tertiary/aromatic N) is 3. The molecule has 1 saturated heterocycles. The normalized spacial score (nSPS) is 18.5. The predicted molar refractivity (Wildman–Crippen MR) is 123 cm³/mol. The van der Waals surface area contributed by atoms with Gasteiger partial charge < -0.3 is 18.9 Å². The third-order valence-electron chi connectivity index (χ3n) is 6.69. The molecule has 2 aliphatic heterocycles. The van der Waals surface area contributed by atoms with Crippen LogP contribution in [0.15, 0.2) is 29.1 Å². The molecule has 1 amide bonds. The summed E-state index contributed by atoms with van der Waals surface area (Å²) in [6, 6.07) is 4.01. The molecule has 1 aromatic carbocycles. The summed E-state index contributed by atoms with van der Waals surface area (Å²) in [6.45, 7) is 1.92. The molecule has 1 atom stereocenters. The summed E-state index contributed by atoms with van der Waals surface area (Å²) in [6.07, 6.45) is 2.42. The van der Waals surface area contributed by atoms with Crippen LogP contribution in [0.2, 0.25) is 0 Å². The average Bonchev–Trinajstić information content (AvgIpc) is 3.05. The van der Waals surface area contributed by atoms with Crippen molar-refractivity contribution >= 4 is 11.9 Å². The number of fused-ring (bicyclic) bond motifs is 1. The van der Waals surface area contributed by atoms with Gasteiger partial charge in [-0.1, -0.05) is 0 Å². The van der Waals surface area contributed by atoms with E-state index in [9.17, 15) is 23.2 Å². The Balaban J connectivity index is 1.66. The maximum absolute atomic E-state index is 13.8. The van der Waals surface area contributed by atoms with Crippen molar-refractivity contribution in [3.8, 4) is 5.75 Å². The molecular weight excluding hydrogens is 460 g/mol. The van der Waals surface area contributed by atoms with Gasteiger partial charge in [0.1, 0.15) is 29.0 Å². The highest BCUT2D eigenvalue weighted by Crippen LogP contribution is 2.28. The number of rotatable bonds is 5. The lowest BCUT2D eigenvalue weighted by Gasteiger charge is -2.34. The summed E-state index contributed by atoms with van der Waals surface area (Å²) in [5, 5.41) is 0. The van der Waals surface area contributed by atoms with E-state index in [-0.39, 0.29) is 22.8 Å². The number of carbonyl (C=O) groups excluding carboxylic acids is 2. The molecule has 3 heterocycles. The minimum Gasteiger partial charge on any atom is -0.496 e. The van der Waals surface area contributed by atoms with Crippen LogP contribution in [0.4, 0.5) is 8.78 Å². The van der Waals surface area contributed by atoms with Crippen LogP contribution in [0.1, 0.15) is 40.9 Å². The van der Waals surface area contributed by atoms with E-state index in [2.05, 4.69) is 0 Å². The molecule has 2 aromatic rings. The lowest BCUT2D eigenvalue weighted by Crippen LogP contribution is -2.49. The van der Waals surface area contributed by atoms with E-state index < -0.39 is 23.6 Å². The van der Waals surface area contributed by atoms with E-state index in [0.29, 0.717) is 56.8 Å². The number of benzene rings is 1. The summed E-state index contributed by atoms with van der Waals surface area (Å²) in [5.41, 5.74) is 0.988. The number of esters is 1. The molecular formula is C25H29F2N3O5. The summed E-state index contributed by atoms with van der Waals surface area (Å²) < 4.78 is 39.2. The lowest BCUT2D eigenvalue weighted by molar-refractivity contribution is -0.147. The van der Waals surface area contributed by atoms with Gasteiger partial charge in [-0.05, 0) is 37.0 Å². The maximum Gasteiger partial charge on any atom is 0.328 e. The Morgan fingerprint density at radius 2 is 1.74 bits per heavy atom. The molecule has 10 heteroatoms. The SMILES string of the molecule is COC(=O)[C@H]1CCCCN1C(=O)c1c(OC)cc(=O)n2c1CCN(Cc1cc(F)cc(F)c1)CC2. The van der Waals surface area contributed by atoms with Crippen molar-refractivity contribution in [3.05, 3.63) is 63.1 Å². The second-order valence-corrected chi connectivity index (χ2v) is 8.86. The van der Waals surface area contributed by atoms with Gasteiger partial charge in [0, 0.05) is 57.0 Å². The largest absolute Gasteiger partial charge is 0.496 e. The number of hydrogen-bond donors (Lipinski definition) is 0. The van der Waals surface area contributed by atoms with E-state index in [1.165, 1.54) is 37.3 Å². The Morgan fingerprint density at radius 3 is 2.43 bits per heavy atom. The number of methoxy groups -OCH3 is 2. The number of piperidine rings is 1. The fraction of sp³-hybridized carbons (Fsp3) is 0.480. The fourth-order valence-electron chi connectivity index (χ4n) is 5.00. The summed E-state index contributed by atoms with van der Waals surface area (Å²) in [7, 11) is 2.70. The number of pyridine rings is 1. The van der Waals surface area contributed by atoms with Gasteiger partial charge in [-0.25, -0.2) is 13.6 Å². The van der Waals surface area contributed by atoms with E-state index in [1.54, 1.807) is 4.57 Å². The zero-order valence-corrected chi connectivity index (χ0v) is 19.9. The molecule has 0 spiro atoms. The van der Waals surface area contributed by atoms with Crippen LogP contribution < -0.4 is 10.3 Å². The van der Waals surface area contributed by atoms with Crippen molar-refractivity contribution in [3.63, 3.8) is 0 Å². The molecule has 188 valence electrons. The van der Waals surface area contributed by atoms with Gasteiger partial charge in [0.15, 0.2) is 0 Å². The number of halogens is 2. The number of carbonyl (C=O) groups is 2. The summed E-state index contributed by atoms with van der Waals surface area (Å²) in [5.74, 6) is -1.96. The average molecular weight is 490 g/mol. The highest BCUT2D eigenvalue weighted by Gasteiger charge is 2.36. The number of aromatic nitrogens is 1. The molecule has 8 nitrogen and oxygen atoms in total. The van der Waals surface area contributed by atoms with Gasteiger partial charge in [-0.15, -0.1) is 0 Å². The molecule has 0 aliphatic carbocycles. The third-order valence-corrected chi connectivity index (χ3v) is 6.69. The van der Waals surface area contributed by atoms with Crippen LogP contribution >= 0.6 is 0 Å². The predicted octanol–water partition coefficient (Wildman–Crippen LogP) is 2.36. The molecule has 2 aliphatic rings. The van der Waals surface area contributed by atoms with Gasteiger partial charge in [0.25, 0.3) is 11.5 Å². The molecule has 1 aromatic heterocycles. The zero-order valence-electron chi connectivity index (χ0n) is 19.9. The van der Waals surface area contributed by atoms with Gasteiger partial charge in [0.2, 0.25) is 0 Å². The van der Waals surface area contributed by atoms with Crippen molar-refractivity contribution in [2.75, 3.05) is 33.9 Å². The van der Waals surface area contributed by atoms with E-state index in [4.69, 9.17) is 9.47 Å². The highest BCUT2D eigenvalue weighted by atomic mass is 19.1.